The summed E-state index contributed by atoms with van der Waals surface area (Å²) in [5.41, 5.74) is 7.45. The van der Waals surface area contributed by atoms with Gasteiger partial charge in [0.2, 0.25) is 0 Å². The molecule has 0 bridgehead atoms. The third kappa shape index (κ3) is 4.06. The van der Waals surface area contributed by atoms with Crippen molar-refractivity contribution in [3.8, 4) is 11.3 Å². The van der Waals surface area contributed by atoms with Crippen molar-refractivity contribution in [2.45, 2.75) is 57.1 Å². The first-order valence-electron chi connectivity index (χ1n) is 10.6. The number of anilines is 1. The van der Waals surface area contributed by atoms with Gasteiger partial charge in [-0.05, 0) is 57.2 Å². The summed E-state index contributed by atoms with van der Waals surface area (Å²) in [7, 11) is -3.70. The number of hydrogen-bond donors (Lipinski definition) is 2. The number of nitrogens with one attached hydrogen (secondary N) is 1. The van der Waals surface area contributed by atoms with E-state index in [1.165, 1.54) is 12.3 Å². The Balaban J connectivity index is 1.80. The van der Waals surface area contributed by atoms with Gasteiger partial charge in [-0.2, -0.15) is 0 Å². The molecule has 4 rings (SSSR count). The van der Waals surface area contributed by atoms with E-state index in [1.54, 1.807) is 11.0 Å². The fourth-order valence-corrected chi connectivity index (χ4v) is 5.01. The lowest BCUT2D eigenvalue weighted by atomic mass is 10.0. The molecule has 32 heavy (non-hydrogen) atoms. The van der Waals surface area contributed by atoms with Crippen LogP contribution in [0.25, 0.3) is 11.3 Å². The number of nitrogens with two attached hydrogens (primary N) is 1. The number of benzene rings is 1. The molecule has 1 aromatic carbocycles. The quantitative estimate of drug-likeness (QED) is 0.677. The normalized spacial score (nSPS) is 16.9. The number of sulfone groups is 1. The molecule has 10 heteroatoms. The Morgan fingerprint density at radius 2 is 1.94 bits per heavy atom. The fraction of sp³-hybridized carbons (Fsp3) is 0.455. The Morgan fingerprint density at radius 1 is 1.25 bits per heavy atom. The summed E-state index contributed by atoms with van der Waals surface area (Å²) in [5, 5.41) is 2.73. The molecule has 1 aromatic heterocycles. The molecule has 0 spiro atoms. The van der Waals surface area contributed by atoms with Crippen LogP contribution >= 0.6 is 0 Å². The van der Waals surface area contributed by atoms with Crippen molar-refractivity contribution in [3.63, 3.8) is 0 Å². The molecular weight excluding hydrogens is 430 g/mol. The van der Waals surface area contributed by atoms with Gasteiger partial charge in [0.1, 0.15) is 0 Å². The van der Waals surface area contributed by atoms with Crippen molar-refractivity contribution in [2.75, 3.05) is 12.0 Å². The second kappa shape index (κ2) is 7.84. The molecule has 0 saturated heterocycles. The summed E-state index contributed by atoms with van der Waals surface area (Å²) in [4.78, 5) is 35.8. The number of aromatic nitrogens is 2. The van der Waals surface area contributed by atoms with E-state index in [9.17, 15) is 18.0 Å². The van der Waals surface area contributed by atoms with Crippen LogP contribution < -0.4 is 11.1 Å². The van der Waals surface area contributed by atoms with Crippen LogP contribution in [0, 0.1) is 5.92 Å². The van der Waals surface area contributed by atoms with Crippen LogP contribution in [0.5, 0.6) is 0 Å². The zero-order valence-electron chi connectivity index (χ0n) is 18.5. The lowest BCUT2D eigenvalue weighted by molar-refractivity contribution is 0.0694. The van der Waals surface area contributed by atoms with Gasteiger partial charge in [-0.15, -0.1) is 0 Å². The molecule has 0 radical (unpaired) electrons. The van der Waals surface area contributed by atoms with Crippen molar-refractivity contribution >= 4 is 27.5 Å². The summed E-state index contributed by atoms with van der Waals surface area (Å²) in [6, 6.07) is 3.12. The molecule has 1 aliphatic heterocycles. The van der Waals surface area contributed by atoms with E-state index in [2.05, 4.69) is 15.3 Å². The Bertz CT molecular complexity index is 1220. The largest absolute Gasteiger partial charge is 0.382 e. The first-order valence-corrected chi connectivity index (χ1v) is 12.5. The van der Waals surface area contributed by atoms with E-state index in [0.29, 0.717) is 29.3 Å². The summed E-state index contributed by atoms with van der Waals surface area (Å²) in [6.45, 7) is 5.98. The Kier molecular flexibility index (Phi) is 5.44. The topological polar surface area (TPSA) is 135 Å². The minimum atomic E-state index is -3.70. The highest BCUT2D eigenvalue weighted by molar-refractivity contribution is 7.90. The number of amides is 2. The van der Waals surface area contributed by atoms with Crippen molar-refractivity contribution < 1.29 is 18.0 Å². The van der Waals surface area contributed by atoms with E-state index in [4.69, 9.17) is 5.73 Å². The minimum Gasteiger partial charge on any atom is -0.382 e. The van der Waals surface area contributed by atoms with Crippen LogP contribution in [0.15, 0.2) is 23.2 Å². The molecule has 2 aliphatic rings. The third-order valence-electron chi connectivity index (χ3n) is 5.93. The molecule has 2 amide bonds. The maximum absolute atomic E-state index is 13.1. The smallest absolute Gasteiger partial charge is 0.273 e. The van der Waals surface area contributed by atoms with Gasteiger partial charge >= 0.3 is 0 Å². The summed E-state index contributed by atoms with van der Waals surface area (Å²) >= 11 is 0. The number of fused-ring (bicyclic) bond motifs is 1. The average Bonchev–Trinajstić information content (AvgIpc) is 3.50. The van der Waals surface area contributed by atoms with Gasteiger partial charge in [0, 0.05) is 30.4 Å². The van der Waals surface area contributed by atoms with Crippen LogP contribution in [0.4, 0.5) is 5.82 Å². The number of hydrogen-bond acceptors (Lipinski definition) is 7. The predicted octanol–water partition coefficient (Wildman–Crippen LogP) is 2.02. The first kappa shape index (κ1) is 22.2. The number of nitrogens with zero attached hydrogens (tertiary/aromatic N) is 3. The second-order valence-corrected chi connectivity index (χ2v) is 10.9. The minimum absolute atomic E-state index is 0.0176. The molecule has 1 unspecified atom stereocenters. The second-order valence-electron chi connectivity index (χ2n) is 8.91. The number of carbonyl (C=O) groups excluding carboxylic acids is 2. The van der Waals surface area contributed by atoms with Crippen LogP contribution in [-0.4, -0.2) is 53.4 Å². The molecule has 2 aromatic rings. The van der Waals surface area contributed by atoms with E-state index in [1.807, 2.05) is 20.8 Å². The molecule has 9 nitrogen and oxygen atoms in total. The van der Waals surface area contributed by atoms with Crippen molar-refractivity contribution in [1.82, 2.24) is 20.2 Å². The summed E-state index contributed by atoms with van der Waals surface area (Å²) in [5.74, 6) is -0.279. The van der Waals surface area contributed by atoms with Crippen LogP contribution in [0.3, 0.4) is 0 Å². The standard InChI is InChI=1S/C22H27N5O4S/c1-11(2)25-21(28)19-20(23)24-9-16(26-19)14-7-15-10-27(12(3)13-5-6-13)22(29)18(15)17(8-14)32(4,30)31/h7-9,11-13H,5-6,10H2,1-4H3,(H2,23,24)(H,25,28). The Labute approximate surface area is 187 Å². The number of nitrogen functional groups attached to an aromatic ring is 1. The highest BCUT2D eigenvalue weighted by Crippen LogP contribution is 2.40. The maximum Gasteiger partial charge on any atom is 0.273 e. The highest BCUT2D eigenvalue weighted by Gasteiger charge is 2.41. The van der Waals surface area contributed by atoms with Crippen molar-refractivity contribution in [2.24, 2.45) is 5.92 Å². The predicted molar refractivity (Wildman–Crippen MR) is 120 cm³/mol. The van der Waals surface area contributed by atoms with Crippen molar-refractivity contribution in [3.05, 3.63) is 35.2 Å². The van der Waals surface area contributed by atoms with E-state index in [0.717, 1.165) is 19.1 Å². The van der Waals surface area contributed by atoms with Crippen LogP contribution in [0.1, 0.15) is 60.0 Å². The van der Waals surface area contributed by atoms with Gasteiger partial charge < -0.3 is 16.0 Å². The third-order valence-corrected chi connectivity index (χ3v) is 7.05. The van der Waals surface area contributed by atoms with Gasteiger partial charge in [-0.1, -0.05) is 0 Å². The van der Waals surface area contributed by atoms with E-state index in [-0.39, 0.29) is 40.0 Å². The average molecular weight is 458 g/mol. The lowest BCUT2D eigenvalue weighted by Crippen LogP contribution is -2.35. The molecule has 1 fully saturated rings. The summed E-state index contributed by atoms with van der Waals surface area (Å²) < 4.78 is 25.2. The fourth-order valence-electron chi connectivity index (χ4n) is 4.08. The van der Waals surface area contributed by atoms with Gasteiger partial charge in [0.15, 0.2) is 21.3 Å². The molecule has 2 heterocycles. The van der Waals surface area contributed by atoms with E-state index < -0.39 is 15.7 Å². The Morgan fingerprint density at radius 3 is 2.53 bits per heavy atom. The molecule has 1 aliphatic carbocycles. The van der Waals surface area contributed by atoms with Gasteiger partial charge in [-0.25, -0.2) is 18.4 Å². The molecule has 3 N–H and O–H groups in total. The molecule has 1 atom stereocenters. The van der Waals surface area contributed by atoms with E-state index >= 15 is 0 Å². The van der Waals surface area contributed by atoms with Crippen molar-refractivity contribution in [1.29, 1.82) is 0 Å². The molecular formula is C22H27N5O4S. The molecule has 1 saturated carbocycles. The zero-order chi connectivity index (χ0) is 23.4. The maximum atomic E-state index is 13.1. The first-order chi connectivity index (χ1) is 15.0. The monoisotopic (exact) mass is 457 g/mol. The number of rotatable bonds is 6. The Hall–Kier alpha value is -3.01. The zero-order valence-corrected chi connectivity index (χ0v) is 19.4. The van der Waals surface area contributed by atoms with Crippen LogP contribution in [-0.2, 0) is 16.4 Å². The summed E-state index contributed by atoms with van der Waals surface area (Å²) in [6.07, 6.45) is 4.64. The van der Waals surface area contributed by atoms with Gasteiger partial charge in [-0.3, -0.25) is 9.59 Å². The lowest BCUT2D eigenvalue weighted by Gasteiger charge is -2.24. The molecule has 170 valence electrons. The highest BCUT2D eigenvalue weighted by atomic mass is 32.2. The van der Waals surface area contributed by atoms with Gasteiger partial charge in [0.25, 0.3) is 11.8 Å². The SMILES string of the molecule is CC(C)NC(=O)c1nc(-c2cc3c(c(S(C)(=O)=O)c2)C(=O)N(C(C)C2CC2)C3)cnc1N. The van der Waals surface area contributed by atoms with Gasteiger partial charge in [0.05, 0.1) is 22.3 Å². The van der Waals surface area contributed by atoms with Crippen LogP contribution in [0.2, 0.25) is 0 Å². The number of carbonyl (C=O) groups is 2.